The van der Waals surface area contributed by atoms with Gasteiger partial charge in [0.1, 0.15) is 10.6 Å². The number of ether oxygens (including phenoxy) is 1. The number of sulfonamides is 1. The number of aliphatic carboxylic acids is 1. The number of benzene rings is 1. The minimum absolute atomic E-state index is 0.0583. The molecule has 0 aliphatic carbocycles. The van der Waals surface area contributed by atoms with Crippen molar-refractivity contribution in [1.29, 1.82) is 0 Å². The molecule has 0 aliphatic heterocycles. The van der Waals surface area contributed by atoms with Crippen molar-refractivity contribution in [2.75, 3.05) is 20.7 Å². The molecular weight excluding hydrogens is 294 g/mol. The van der Waals surface area contributed by atoms with Gasteiger partial charge in [-0.3, -0.25) is 4.79 Å². The molecule has 0 heterocycles. The highest BCUT2D eigenvalue weighted by molar-refractivity contribution is 7.89. The smallest absolute Gasteiger partial charge is 0.304 e. The summed E-state index contributed by atoms with van der Waals surface area (Å²) in [5.41, 5.74) is 0. The molecule has 0 atom stereocenters. The Morgan fingerprint density at radius 1 is 1.47 bits per heavy atom. The molecule has 0 bridgehead atoms. The number of rotatable bonds is 6. The first-order chi connectivity index (χ1) is 8.78. The zero-order chi connectivity index (χ0) is 14.6. The molecule has 1 aromatic carbocycles. The van der Waals surface area contributed by atoms with Crippen LogP contribution >= 0.6 is 11.6 Å². The minimum atomic E-state index is -3.84. The van der Waals surface area contributed by atoms with Crippen molar-refractivity contribution in [2.45, 2.75) is 11.3 Å². The molecule has 1 rings (SSSR count). The van der Waals surface area contributed by atoms with Crippen molar-refractivity contribution in [3.63, 3.8) is 0 Å². The van der Waals surface area contributed by atoms with Crippen LogP contribution in [-0.4, -0.2) is 44.5 Å². The van der Waals surface area contributed by atoms with Gasteiger partial charge in [-0.25, -0.2) is 12.7 Å². The first kappa shape index (κ1) is 15.7. The number of carbonyl (C=O) groups is 1. The lowest BCUT2D eigenvalue weighted by Gasteiger charge is -2.17. The van der Waals surface area contributed by atoms with Crippen LogP contribution in [0.3, 0.4) is 0 Å². The third-order valence-electron chi connectivity index (χ3n) is 2.47. The van der Waals surface area contributed by atoms with Crippen LogP contribution in [0.1, 0.15) is 6.42 Å². The van der Waals surface area contributed by atoms with Crippen molar-refractivity contribution < 1.29 is 23.1 Å². The van der Waals surface area contributed by atoms with E-state index in [2.05, 4.69) is 0 Å². The van der Waals surface area contributed by atoms with Gasteiger partial charge in [0.05, 0.1) is 18.6 Å². The van der Waals surface area contributed by atoms with Crippen LogP contribution in [0.25, 0.3) is 0 Å². The number of nitrogens with zero attached hydrogens (tertiary/aromatic N) is 1. The van der Waals surface area contributed by atoms with Crippen LogP contribution < -0.4 is 4.74 Å². The second-order valence-corrected chi connectivity index (χ2v) is 6.19. The third-order valence-corrected chi connectivity index (χ3v) is 4.81. The third kappa shape index (κ3) is 3.82. The van der Waals surface area contributed by atoms with Gasteiger partial charge in [-0.1, -0.05) is 11.6 Å². The molecule has 0 radical (unpaired) electrons. The van der Waals surface area contributed by atoms with E-state index >= 15 is 0 Å². The number of methoxy groups -OCH3 is 1. The summed E-state index contributed by atoms with van der Waals surface area (Å²) in [4.78, 5) is 10.4. The molecule has 0 unspecified atom stereocenters. The van der Waals surface area contributed by atoms with E-state index in [1.54, 1.807) is 6.07 Å². The highest BCUT2D eigenvalue weighted by Crippen LogP contribution is 2.28. The Labute approximate surface area is 116 Å². The van der Waals surface area contributed by atoms with E-state index in [9.17, 15) is 13.2 Å². The number of carboxylic acids is 1. The summed E-state index contributed by atoms with van der Waals surface area (Å²) in [7, 11) is -1.13. The van der Waals surface area contributed by atoms with Crippen molar-refractivity contribution >= 4 is 27.6 Å². The molecule has 106 valence electrons. The van der Waals surface area contributed by atoms with Gasteiger partial charge < -0.3 is 9.84 Å². The van der Waals surface area contributed by atoms with Gasteiger partial charge in [0.15, 0.2) is 0 Å². The lowest BCUT2D eigenvalue weighted by atomic mass is 10.3. The number of halogens is 1. The summed E-state index contributed by atoms with van der Waals surface area (Å²) in [5, 5.41) is 8.63. The first-order valence-corrected chi connectivity index (χ1v) is 7.12. The number of carboxylic acid groups (broad SMARTS) is 1. The van der Waals surface area contributed by atoms with E-state index in [4.69, 9.17) is 21.4 Å². The molecule has 0 aromatic heterocycles. The van der Waals surface area contributed by atoms with E-state index in [0.717, 1.165) is 4.31 Å². The fraction of sp³-hybridized carbons (Fsp3) is 0.364. The fourth-order valence-corrected chi connectivity index (χ4v) is 3.01. The maximum Gasteiger partial charge on any atom is 0.304 e. The Kier molecular flexibility index (Phi) is 5.16. The van der Waals surface area contributed by atoms with E-state index in [0.29, 0.717) is 5.75 Å². The second kappa shape index (κ2) is 6.23. The summed E-state index contributed by atoms with van der Waals surface area (Å²) in [6, 6.07) is 4.26. The molecule has 0 spiro atoms. The standard InChI is InChI=1S/C11H14ClNO5S/c1-13(6-5-11(14)15)19(16,17)10-7-8(18-2)3-4-9(10)12/h3-4,7H,5-6H2,1-2H3,(H,14,15). The van der Waals surface area contributed by atoms with Crippen LogP contribution in [-0.2, 0) is 14.8 Å². The minimum Gasteiger partial charge on any atom is -0.497 e. The van der Waals surface area contributed by atoms with Crippen molar-refractivity contribution in [2.24, 2.45) is 0 Å². The number of hydrogen-bond donors (Lipinski definition) is 1. The van der Waals surface area contributed by atoms with Gasteiger partial charge in [-0.15, -0.1) is 0 Å². The van der Waals surface area contributed by atoms with Crippen molar-refractivity contribution in [3.8, 4) is 5.75 Å². The Bertz CT molecular complexity index is 572. The SMILES string of the molecule is COc1ccc(Cl)c(S(=O)(=O)N(C)CCC(=O)O)c1. The van der Waals surface area contributed by atoms with E-state index in [-0.39, 0.29) is 22.9 Å². The second-order valence-electron chi connectivity index (χ2n) is 3.77. The maximum atomic E-state index is 12.2. The van der Waals surface area contributed by atoms with Crippen LogP contribution in [0, 0.1) is 0 Å². The lowest BCUT2D eigenvalue weighted by Crippen LogP contribution is -2.29. The summed E-state index contributed by atoms with van der Waals surface area (Å²) >= 11 is 5.87. The summed E-state index contributed by atoms with van der Waals surface area (Å²) in [5.74, 6) is -0.714. The highest BCUT2D eigenvalue weighted by Gasteiger charge is 2.24. The molecule has 0 saturated heterocycles. The molecule has 1 aromatic rings. The maximum absolute atomic E-state index is 12.2. The average Bonchev–Trinajstić information content (AvgIpc) is 2.36. The van der Waals surface area contributed by atoms with Crippen LogP contribution in [0.4, 0.5) is 0 Å². The monoisotopic (exact) mass is 307 g/mol. The van der Waals surface area contributed by atoms with Crippen LogP contribution in [0.2, 0.25) is 5.02 Å². The molecule has 0 fully saturated rings. The summed E-state index contributed by atoms with van der Waals surface area (Å²) < 4.78 is 30.3. The molecule has 0 saturated carbocycles. The van der Waals surface area contributed by atoms with Crippen molar-refractivity contribution in [3.05, 3.63) is 23.2 Å². The molecular formula is C11H14ClNO5S. The largest absolute Gasteiger partial charge is 0.497 e. The Morgan fingerprint density at radius 2 is 2.11 bits per heavy atom. The van der Waals surface area contributed by atoms with Crippen molar-refractivity contribution in [1.82, 2.24) is 4.31 Å². The van der Waals surface area contributed by atoms with Gasteiger partial charge in [-0.05, 0) is 12.1 Å². The normalized spacial score (nSPS) is 11.6. The summed E-state index contributed by atoms with van der Waals surface area (Å²) in [6.45, 7) is -0.134. The van der Waals surface area contributed by atoms with Gasteiger partial charge in [0.2, 0.25) is 10.0 Å². The Hall–Kier alpha value is -1.31. The Morgan fingerprint density at radius 3 is 2.63 bits per heavy atom. The lowest BCUT2D eigenvalue weighted by molar-refractivity contribution is -0.137. The van der Waals surface area contributed by atoms with Crippen LogP contribution in [0.5, 0.6) is 5.75 Å². The zero-order valence-corrected chi connectivity index (χ0v) is 12.0. The molecule has 0 amide bonds. The number of hydrogen-bond acceptors (Lipinski definition) is 4. The van der Waals surface area contributed by atoms with Gasteiger partial charge in [0.25, 0.3) is 0 Å². The Balaban J connectivity index is 3.08. The van der Waals surface area contributed by atoms with E-state index in [1.165, 1.54) is 26.3 Å². The molecule has 1 N–H and O–H groups in total. The van der Waals surface area contributed by atoms with Gasteiger partial charge >= 0.3 is 5.97 Å². The predicted octanol–water partition coefficient (Wildman–Crippen LogP) is 1.44. The fourth-order valence-electron chi connectivity index (χ4n) is 1.35. The topological polar surface area (TPSA) is 83.9 Å². The zero-order valence-electron chi connectivity index (χ0n) is 10.5. The molecule has 6 nitrogen and oxygen atoms in total. The van der Waals surface area contributed by atoms with Crippen LogP contribution in [0.15, 0.2) is 23.1 Å². The van der Waals surface area contributed by atoms with E-state index in [1.807, 2.05) is 0 Å². The summed E-state index contributed by atoms with van der Waals surface area (Å²) in [6.07, 6.45) is -0.280. The van der Waals surface area contributed by atoms with E-state index < -0.39 is 16.0 Å². The van der Waals surface area contributed by atoms with Gasteiger partial charge in [0, 0.05) is 19.7 Å². The molecule has 8 heteroatoms. The predicted molar refractivity (Wildman–Crippen MR) is 70.1 cm³/mol. The molecule has 19 heavy (non-hydrogen) atoms. The highest BCUT2D eigenvalue weighted by atomic mass is 35.5. The quantitative estimate of drug-likeness (QED) is 0.860. The average molecular weight is 308 g/mol. The first-order valence-electron chi connectivity index (χ1n) is 5.30. The van der Waals surface area contributed by atoms with Gasteiger partial charge in [-0.2, -0.15) is 0 Å². The molecule has 0 aliphatic rings.